The van der Waals surface area contributed by atoms with Gasteiger partial charge in [-0.05, 0) is 25.3 Å². The van der Waals surface area contributed by atoms with E-state index in [1.807, 2.05) is 5.43 Å². The minimum Gasteiger partial charge on any atom is -0.292 e. The van der Waals surface area contributed by atoms with Gasteiger partial charge in [-0.1, -0.05) is 6.08 Å². The summed E-state index contributed by atoms with van der Waals surface area (Å²) >= 11 is 0. The number of carbonyl (C=O) groups is 1. The third kappa shape index (κ3) is 1.94. The number of hydrogen-bond acceptors (Lipinski definition) is 6. The summed E-state index contributed by atoms with van der Waals surface area (Å²) in [6.45, 7) is 0. The van der Waals surface area contributed by atoms with Crippen molar-refractivity contribution in [2.24, 2.45) is 16.6 Å². The Kier molecular flexibility index (Phi) is 2.92. The van der Waals surface area contributed by atoms with Gasteiger partial charge in [0.15, 0.2) is 6.29 Å². The van der Waals surface area contributed by atoms with Gasteiger partial charge in [0.05, 0.1) is 16.7 Å². The molecule has 0 saturated heterocycles. The number of nitrogens with one attached hydrogen (secondary N) is 1. The zero-order valence-electron chi connectivity index (χ0n) is 10.6. The topological polar surface area (TPSA) is 131 Å². The quantitative estimate of drug-likeness (QED) is 0.338. The maximum Gasteiger partial charge on any atom is 0.261 e. The molecule has 0 aromatic heterocycles. The van der Waals surface area contributed by atoms with Crippen LogP contribution < -0.4 is 17.0 Å². The number of hydrazine groups is 1. The molecule has 20 heavy (non-hydrogen) atoms. The van der Waals surface area contributed by atoms with Gasteiger partial charge in [-0.3, -0.25) is 16.0 Å². The monoisotopic (exact) mass is 297 g/mol. The second-order valence-electron chi connectivity index (χ2n) is 4.90. The second kappa shape index (κ2) is 4.40. The van der Waals surface area contributed by atoms with Crippen LogP contribution in [0.1, 0.15) is 19.3 Å². The van der Waals surface area contributed by atoms with Crippen LogP contribution in [0.2, 0.25) is 0 Å². The van der Waals surface area contributed by atoms with Crippen molar-refractivity contribution in [2.45, 2.75) is 30.8 Å². The van der Waals surface area contributed by atoms with Crippen molar-refractivity contribution in [3.8, 4) is 0 Å². The van der Waals surface area contributed by atoms with Gasteiger partial charge < -0.3 is 0 Å². The van der Waals surface area contributed by atoms with Gasteiger partial charge in [-0.15, -0.1) is 0 Å². The van der Waals surface area contributed by atoms with E-state index in [1.54, 1.807) is 6.08 Å². The maximum absolute atomic E-state index is 12.3. The molecule has 0 radical (unpaired) electrons. The van der Waals surface area contributed by atoms with E-state index in [2.05, 4.69) is 4.99 Å². The number of nitrogens with two attached hydrogens (primary N) is 2. The summed E-state index contributed by atoms with van der Waals surface area (Å²) in [5.41, 5.74) is 9.14. The van der Waals surface area contributed by atoms with Gasteiger partial charge in [-0.2, -0.15) is 0 Å². The number of aliphatic imine (C=N–C) groups is 1. The van der Waals surface area contributed by atoms with E-state index in [1.165, 1.54) is 6.08 Å². The third-order valence-corrected chi connectivity index (χ3v) is 5.76. The standard InChI is InChI=1S/C11H15N5O3S/c12-11-14-8-5-6(10(17)15-13)1-4-9(8)16(11)20(18,19)7-2-3-7/h4-5,7,11H,1-3,12-13H2,(H,15,17). The van der Waals surface area contributed by atoms with Crippen molar-refractivity contribution >= 4 is 21.6 Å². The first kappa shape index (κ1) is 13.3. The van der Waals surface area contributed by atoms with Crippen molar-refractivity contribution in [3.63, 3.8) is 0 Å². The fourth-order valence-corrected chi connectivity index (χ4v) is 4.16. The van der Waals surface area contributed by atoms with Gasteiger partial charge in [0.1, 0.15) is 0 Å². The Balaban J connectivity index is 1.92. The lowest BCUT2D eigenvalue weighted by molar-refractivity contribution is -0.117. The molecule has 1 fully saturated rings. The van der Waals surface area contributed by atoms with Gasteiger partial charge >= 0.3 is 0 Å². The van der Waals surface area contributed by atoms with E-state index in [0.717, 1.165) is 4.31 Å². The van der Waals surface area contributed by atoms with E-state index < -0.39 is 22.2 Å². The largest absolute Gasteiger partial charge is 0.292 e. The van der Waals surface area contributed by atoms with Crippen molar-refractivity contribution in [3.05, 3.63) is 23.4 Å². The molecule has 1 unspecified atom stereocenters. The van der Waals surface area contributed by atoms with Gasteiger partial charge in [0.25, 0.3) is 5.91 Å². The Bertz CT molecular complexity index is 660. The number of carbonyl (C=O) groups excluding carboxylic acids is 1. The van der Waals surface area contributed by atoms with Crippen molar-refractivity contribution in [1.29, 1.82) is 0 Å². The molecule has 2 aliphatic carbocycles. The molecule has 3 rings (SSSR count). The average molecular weight is 297 g/mol. The molecule has 108 valence electrons. The summed E-state index contributed by atoms with van der Waals surface area (Å²) < 4.78 is 25.8. The molecule has 9 heteroatoms. The molecule has 3 aliphatic rings. The normalized spacial score (nSPS) is 25.6. The minimum absolute atomic E-state index is 0.292. The molecule has 0 bridgehead atoms. The number of rotatable bonds is 3. The highest BCUT2D eigenvalue weighted by atomic mass is 32.2. The van der Waals surface area contributed by atoms with Crippen LogP contribution in [-0.4, -0.2) is 35.9 Å². The lowest BCUT2D eigenvalue weighted by atomic mass is 10.0. The van der Waals surface area contributed by atoms with Gasteiger partial charge in [-0.25, -0.2) is 23.6 Å². The number of nitrogens with zero attached hydrogens (tertiary/aromatic N) is 2. The average Bonchev–Trinajstić information content (AvgIpc) is 3.20. The predicted molar refractivity (Wildman–Crippen MR) is 72.3 cm³/mol. The Morgan fingerprint density at radius 3 is 2.75 bits per heavy atom. The Labute approximate surface area is 116 Å². The molecular weight excluding hydrogens is 282 g/mol. The van der Waals surface area contributed by atoms with Gasteiger partial charge in [0, 0.05) is 5.57 Å². The Morgan fingerprint density at radius 1 is 1.45 bits per heavy atom. The van der Waals surface area contributed by atoms with E-state index in [-0.39, 0.29) is 5.25 Å². The van der Waals surface area contributed by atoms with E-state index >= 15 is 0 Å². The summed E-state index contributed by atoms with van der Waals surface area (Å²) in [5.74, 6) is 4.66. The molecule has 1 amide bonds. The first-order valence-electron chi connectivity index (χ1n) is 6.24. The van der Waals surface area contributed by atoms with E-state index in [4.69, 9.17) is 11.6 Å². The second-order valence-corrected chi connectivity index (χ2v) is 6.99. The highest BCUT2D eigenvalue weighted by Crippen LogP contribution is 2.37. The zero-order chi connectivity index (χ0) is 14.5. The summed E-state index contributed by atoms with van der Waals surface area (Å²) in [6.07, 6.45) is 3.82. The number of amides is 1. The molecule has 0 aromatic carbocycles. The summed E-state index contributed by atoms with van der Waals surface area (Å²) in [7, 11) is -3.46. The SMILES string of the molecule is NNC(=O)C1=CC2=NC(N)N(S(=O)(=O)C3CC3)C2=CC1. The molecule has 5 N–H and O–H groups in total. The third-order valence-electron chi connectivity index (χ3n) is 3.48. The molecule has 0 spiro atoms. The van der Waals surface area contributed by atoms with Crippen LogP contribution in [0, 0.1) is 0 Å². The van der Waals surface area contributed by atoms with Crippen LogP contribution in [0.3, 0.4) is 0 Å². The van der Waals surface area contributed by atoms with Crippen molar-refractivity contribution in [2.75, 3.05) is 0 Å². The number of hydrogen-bond donors (Lipinski definition) is 3. The number of sulfonamides is 1. The highest BCUT2D eigenvalue weighted by Gasteiger charge is 2.46. The summed E-state index contributed by atoms with van der Waals surface area (Å²) in [6, 6.07) is 0. The summed E-state index contributed by atoms with van der Waals surface area (Å²) in [4.78, 5) is 15.6. The van der Waals surface area contributed by atoms with Crippen LogP contribution in [0.5, 0.6) is 0 Å². The molecule has 1 saturated carbocycles. The first-order chi connectivity index (χ1) is 9.45. The molecule has 1 heterocycles. The number of fused-ring (bicyclic) bond motifs is 1. The van der Waals surface area contributed by atoms with Crippen LogP contribution in [0.15, 0.2) is 28.4 Å². The van der Waals surface area contributed by atoms with E-state index in [0.29, 0.717) is 36.2 Å². The summed E-state index contributed by atoms with van der Waals surface area (Å²) in [5, 5.41) is -0.360. The molecule has 0 aromatic rings. The number of allylic oxidation sites excluding steroid dienone is 2. The molecule has 1 aliphatic heterocycles. The smallest absolute Gasteiger partial charge is 0.261 e. The van der Waals surface area contributed by atoms with Crippen LogP contribution in [-0.2, 0) is 14.8 Å². The Hall–Kier alpha value is -1.71. The van der Waals surface area contributed by atoms with E-state index in [9.17, 15) is 13.2 Å². The first-order valence-corrected chi connectivity index (χ1v) is 7.74. The molecule has 1 atom stereocenters. The fourth-order valence-electron chi connectivity index (χ4n) is 2.32. The molecule has 8 nitrogen and oxygen atoms in total. The van der Waals surface area contributed by atoms with Crippen LogP contribution in [0.4, 0.5) is 0 Å². The minimum atomic E-state index is -3.46. The molecular formula is C11H15N5O3S. The van der Waals surface area contributed by atoms with Crippen molar-refractivity contribution in [1.82, 2.24) is 9.73 Å². The Morgan fingerprint density at radius 2 is 2.15 bits per heavy atom. The van der Waals surface area contributed by atoms with Crippen molar-refractivity contribution < 1.29 is 13.2 Å². The maximum atomic E-state index is 12.3. The lowest BCUT2D eigenvalue weighted by Crippen LogP contribution is -2.42. The highest BCUT2D eigenvalue weighted by molar-refractivity contribution is 7.90. The van der Waals surface area contributed by atoms with Gasteiger partial charge in [0.2, 0.25) is 10.0 Å². The fraction of sp³-hybridized carbons (Fsp3) is 0.455. The lowest BCUT2D eigenvalue weighted by Gasteiger charge is -2.24. The predicted octanol–water partition coefficient (Wildman–Crippen LogP) is -1.32. The van der Waals surface area contributed by atoms with Crippen LogP contribution >= 0.6 is 0 Å². The zero-order valence-corrected chi connectivity index (χ0v) is 11.4. The van der Waals surface area contributed by atoms with Crippen LogP contribution in [0.25, 0.3) is 0 Å².